The number of aromatic amines is 1. The van der Waals surface area contributed by atoms with Gasteiger partial charge in [-0.05, 0) is 31.0 Å². The van der Waals surface area contributed by atoms with Crippen molar-refractivity contribution in [3.63, 3.8) is 0 Å². The van der Waals surface area contributed by atoms with Gasteiger partial charge in [0.1, 0.15) is 0 Å². The lowest BCUT2D eigenvalue weighted by Gasteiger charge is -2.26. The predicted molar refractivity (Wildman–Crippen MR) is 75.9 cm³/mol. The number of hydrogen-bond acceptors (Lipinski definition) is 2. The Labute approximate surface area is 127 Å². The van der Waals surface area contributed by atoms with E-state index in [0.29, 0.717) is 31.1 Å². The average molecular weight is 332 g/mol. The van der Waals surface area contributed by atoms with E-state index in [-0.39, 0.29) is 10.9 Å². The van der Waals surface area contributed by atoms with Crippen molar-refractivity contribution in [3.8, 4) is 0 Å². The first-order valence-corrected chi connectivity index (χ1v) is 7.06. The number of nitrogens with zero attached hydrogens (tertiary/aromatic N) is 1. The summed E-state index contributed by atoms with van der Waals surface area (Å²) in [6, 6.07) is 3.49. The van der Waals surface area contributed by atoms with Crippen molar-refractivity contribution >= 4 is 16.6 Å². The van der Waals surface area contributed by atoms with Crippen LogP contribution < -0.4 is 10.5 Å². The van der Waals surface area contributed by atoms with Crippen molar-refractivity contribution in [2.45, 2.75) is 31.5 Å². The Morgan fingerprint density at radius 2 is 1.96 bits per heavy atom. The molecule has 2 heterocycles. The molecule has 1 aliphatic rings. The molecule has 1 aliphatic heterocycles. The molecule has 0 radical (unpaired) electrons. The molecule has 0 amide bonds. The molecular weight excluding hydrogens is 319 g/mol. The van der Waals surface area contributed by atoms with E-state index in [1.54, 1.807) is 0 Å². The van der Waals surface area contributed by atoms with E-state index in [1.807, 2.05) is 0 Å². The van der Waals surface area contributed by atoms with Gasteiger partial charge in [0, 0.05) is 29.2 Å². The van der Waals surface area contributed by atoms with Gasteiger partial charge in [0.25, 0.3) is 6.43 Å². The second kappa shape index (κ2) is 5.50. The fraction of sp³-hybridized carbons (Fsp3) is 0.400. The molecule has 0 unspecified atom stereocenters. The van der Waals surface area contributed by atoms with Crippen LogP contribution in [0.4, 0.5) is 27.6 Å². The highest BCUT2D eigenvalue weighted by molar-refractivity contribution is 5.86. The number of alkyl halides is 5. The van der Waals surface area contributed by atoms with E-state index in [4.69, 9.17) is 0 Å². The Morgan fingerprint density at radius 3 is 2.61 bits per heavy atom. The van der Waals surface area contributed by atoms with Crippen molar-refractivity contribution in [2.75, 3.05) is 11.4 Å². The summed E-state index contributed by atoms with van der Waals surface area (Å²) in [5.41, 5.74) is -1.59. The highest BCUT2D eigenvalue weighted by atomic mass is 19.4. The second-order valence-corrected chi connectivity index (χ2v) is 5.51. The molecule has 1 N–H and O–H groups in total. The minimum Gasteiger partial charge on any atom is -0.363 e. The van der Waals surface area contributed by atoms with Crippen LogP contribution in [0.5, 0.6) is 0 Å². The summed E-state index contributed by atoms with van der Waals surface area (Å²) in [4.78, 5) is 15.1. The molecule has 23 heavy (non-hydrogen) atoms. The molecule has 0 spiro atoms. The van der Waals surface area contributed by atoms with Gasteiger partial charge < -0.3 is 9.88 Å². The van der Waals surface area contributed by atoms with Gasteiger partial charge in [0.15, 0.2) is 0 Å². The smallest absolute Gasteiger partial charge is 0.363 e. The Hall–Kier alpha value is -2.12. The van der Waals surface area contributed by atoms with E-state index < -0.39 is 29.8 Å². The van der Waals surface area contributed by atoms with Crippen molar-refractivity contribution in [1.82, 2.24) is 4.98 Å². The normalized spacial score (nSPS) is 19.0. The third-order valence-corrected chi connectivity index (χ3v) is 4.05. The zero-order chi connectivity index (χ0) is 16.8. The third kappa shape index (κ3) is 2.89. The van der Waals surface area contributed by atoms with Crippen LogP contribution in [-0.4, -0.2) is 24.0 Å². The summed E-state index contributed by atoms with van der Waals surface area (Å²) in [6.07, 6.45) is -6.40. The molecule has 0 bridgehead atoms. The van der Waals surface area contributed by atoms with Crippen LogP contribution in [0.2, 0.25) is 0 Å². The highest BCUT2D eigenvalue weighted by Gasteiger charge is 2.35. The molecule has 1 aromatic heterocycles. The van der Waals surface area contributed by atoms with Crippen LogP contribution >= 0.6 is 0 Å². The van der Waals surface area contributed by atoms with E-state index in [1.165, 1.54) is 23.1 Å². The van der Waals surface area contributed by atoms with Gasteiger partial charge >= 0.3 is 6.18 Å². The number of benzene rings is 1. The Morgan fingerprint density at radius 1 is 1.22 bits per heavy atom. The Bertz CT molecular complexity index is 784. The number of nitrogens with one attached hydrogen (secondary N) is 1. The lowest BCUT2D eigenvalue weighted by Crippen LogP contribution is -2.34. The first-order valence-electron chi connectivity index (χ1n) is 7.06. The van der Waals surface area contributed by atoms with E-state index in [9.17, 15) is 26.7 Å². The minimum absolute atomic E-state index is 0.0290. The van der Waals surface area contributed by atoms with Gasteiger partial charge in [-0.3, -0.25) is 4.79 Å². The van der Waals surface area contributed by atoms with Gasteiger partial charge in [0.2, 0.25) is 5.56 Å². The van der Waals surface area contributed by atoms with Crippen LogP contribution in [0.1, 0.15) is 18.4 Å². The highest BCUT2D eigenvalue weighted by Crippen LogP contribution is 2.36. The number of fused-ring (bicyclic) bond motifs is 1. The monoisotopic (exact) mass is 332 g/mol. The lowest BCUT2D eigenvalue weighted by molar-refractivity contribution is -0.136. The predicted octanol–water partition coefficient (Wildman–Crippen LogP) is 3.78. The van der Waals surface area contributed by atoms with Gasteiger partial charge in [0.05, 0.1) is 11.6 Å². The van der Waals surface area contributed by atoms with Crippen molar-refractivity contribution in [1.29, 1.82) is 0 Å². The first-order chi connectivity index (χ1) is 10.8. The topological polar surface area (TPSA) is 36.1 Å². The van der Waals surface area contributed by atoms with Gasteiger partial charge in [-0.1, -0.05) is 0 Å². The van der Waals surface area contributed by atoms with Crippen LogP contribution in [-0.2, 0) is 6.18 Å². The fourth-order valence-electron chi connectivity index (χ4n) is 3.03. The maximum absolute atomic E-state index is 13.1. The zero-order valence-corrected chi connectivity index (χ0v) is 11.8. The van der Waals surface area contributed by atoms with Crippen LogP contribution in [0.15, 0.2) is 29.1 Å². The summed E-state index contributed by atoms with van der Waals surface area (Å²) in [6.45, 7) is 0.366. The van der Waals surface area contributed by atoms with E-state index in [2.05, 4.69) is 4.98 Å². The van der Waals surface area contributed by atoms with Crippen LogP contribution in [0.25, 0.3) is 10.9 Å². The molecule has 3 rings (SSSR count). The minimum atomic E-state index is -4.70. The van der Waals surface area contributed by atoms with Gasteiger partial charge in [-0.15, -0.1) is 0 Å². The molecule has 0 aliphatic carbocycles. The molecule has 1 aromatic carbocycles. The number of rotatable bonds is 2. The largest absolute Gasteiger partial charge is 0.417 e. The van der Waals surface area contributed by atoms with Crippen LogP contribution in [0, 0.1) is 0 Å². The van der Waals surface area contributed by atoms with E-state index >= 15 is 0 Å². The quantitative estimate of drug-likeness (QED) is 0.850. The molecule has 3 nitrogen and oxygen atoms in total. The number of anilines is 1. The maximum atomic E-state index is 13.1. The Kier molecular flexibility index (Phi) is 3.77. The fourth-order valence-corrected chi connectivity index (χ4v) is 3.03. The van der Waals surface area contributed by atoms with Crippen molar-refractivity contribution < 1.29 is 22.0 Å². The van der Waals surface area contributed by atoms with E-state index in [0.717, 1.165) is 0 Å². The van der Waals surface area contributed by atoms with Gasteiger partial charge in [-0.25, -0.2) is 8.78 Å². The first kappa shape index (κ1) is 15.8. The summed E-state index contributed by atoms with van der Waals surface area (Å²) >= 11 is 0. The lowest BCUT2D eigenvalue weighted by atomic mass is 10.1. The number of aromatic nitrogens is 1. The summed E-state index contributed by atoms with van der Waals surface area (Å²) in [5.74, 6) is 0. The standard InChI is InChI=1S/C15H13F5N2O/c16-14(17)12-2-1-5-22(12)8-3-4-11-9(6-8)10(15(18,19)20)7-13(23)21-11/h3-4,6-7,12,14H,1-2,5H2,(H,21,23)/t12-/m1/s1. The second-order valence-electron chi connectivity index (χ2n) is 5.51. The van der Waals surface area contributed by atoms with Crippen LogP contribution in [0.3, 0.4) is 0 Å². The van der Waals surface area contributed by atoms with Crippen molar-refractivity contribution in [3.05, 3.63) is 40.2 Å². The number of halogens is 5. The SMILES string of the molecule is O=c1cc(C(F)(F)F)c2cc(N3CCC[C@@H]3C(F)F)ccc2[nH]1. The number of pyridine rings is 1. The zero-order valence-electron chi connectivity index (χ0n) is 11.8. The number of H-pyrrole nitrogens is 1. The third-order valence-electron chi connectivity index (χ3n) is 4.05. The summed E-state index contributed by atoms with van der Waals surface area (Å²) in [5, 5.41) is -0.200. The molecule has 1 atom stereocenters. The summed E-state index contributed by atoms with van der Waals surface area (Å²) < 4.78 is 65.5. The molecule has 1 fully saturated rings. The molecule has 2 aromatic rings. The summed E-state index contributed by atoms with van der Waals surface area (Å²) in [7, 11) is 0. The molecule has 124 valence electrons. The van der Waals surface area contributed by atoms with Gasteiger partial charge in [-0.2, -0.15) is 13.2 Å². The van der Waals surface area contributed by atoms with Crippen molar-refractivity contribution in [2.24, 2.45) is 0 Å². The molecule has 1 saturated heterocycles. The maximum Gasteiger partial charge on any atom is 0.417 e. The Balaban J connectivity index is 2.15. The molecule has 0 saturated carbocycles. The number of hydrogen-bond donors (Lipinski definition) is 1. The average Bonchev–Trinajstić information content (AvgIpc) is 2.94. The molecular formula is C15H13F5N2O. The molecule has 8 heteroatoms.